The van der Waals surface area contributed by atoms with Crippen molar-refractivity contribution in [1.82, 2.24) is 4.98 Å². The van der Waals surface area contributed by atoms with E-state index in [1.165, 1.54) is 18.4 Å². The summed E-state index contributed by atoms with van der Waals surface area (Å²) in [5.41, 5.74) is 1.19. The molecule has 1 aromatic rings. The van der Waals surface area contributed by atoms with Crippen molar-refractivity contribution in [1.29, 1.82) is 0 Å². The summed E-state index contributed by atoms with van der Waals surface area (Å²) in [6, 6.07) is 1.97. The predicted octanol–water partition coefficient (Wildman–Crippen LogP) is 3.51. The largest absolute Gasteiger partial charge is 0.490 e. The van der Waals surface area contributed by atoms with Gasteiger partial charge in [0.2, 0.25) is 0 Å². The second kappa shape index (κ2) is 3.89. The molecule has 0 saturated heterocycles. The summed E-state index contributed by atoms with van der Waals surface area (Å²) in [6.07, 6.45) is 4.73. The molecule has 14 heavy (non-hydrogen) atoms. The number of hydrogen-bond acceptors (Lipinski definition) is 2. The lowest BCUT2D eigenvalue weighted by Gasteiger charge is -2.13. The topological polar surface area (TPSA) is 22.1 Å². The van der Waals surface area contributed by atoms with Gasteiger partial charge in [-0.05, 0) is 34.7 Å². The first-order chi connectivity index (χ1) is 6.66. The van der Waals surface area contributed by atoms with Crippen molar-refractivity contribution in [2.45, 2.75) is 38.7 Å². The average Bonchev–Trinajstić information content (AvgIpc) is 2.87. The van der Waals surface area contributed by atoms with Crippen LogP contribution in [-0.2, 0) is 0 Å². The Morgan fingerprint density at radius 3 is 2.79 bits per heavy atom. The predicted molar refractivity (Wildman–Crippen MR) is 59.7 cm³/mol. The molecule has 3 heteroatoms. The third-order valence-corrected chi connectivity index (χ3v) is 2.74. The second-order valence-corrected chi connectivity index (χ2v) is 4.83. The van der Waals surface area contributed by atoms with Crippen LogP contribution >= 0.6 is 15.9 Å². The Morgan fingerprint density at radius 2 is 2.21 bits per heavy atom. The number of rotatable bonds is 3. The van der Waals surface area contributed by atoms with Crippen LogP contribution in [0.15, 0.2) is 16.9 Å². The normalized spacial score (nSPS) is 16.0. The Balaban J connectivity index is 2.27. The van der Waals surface area contributed by atoms with Crippen LogP contribution in [0.4, 0.5) is 0 Å². The zero-order valence-corrected chi connectivity index (χ0v) is 10.0. The van der Waals surface area contributed by atoms with E-state index in [1.807, 2.05) is 12.3 Å². The van der Waals surface area contributed by atoms with E-state index in [4.69, 9.17) is 4.74 Å². The molecule has 0 atom stereocenters. The zero-order valence-electron chi connectivity index (χ0n) is 8.46. The average molecular weight is 256 g/mol. The maximum absolute atomic E-state index is 5.83. The Morgan fingerprint density at radius 1 is 1.50 bits per heavy atom. The minimum Gasteiger partial charge on any atom is -0.490 e. The molecule has 1 aliphatic rings. The molecule has 2 nitrogen and oxygen atoms in total. The maximum atomic E-state index is 5.83. The minimum atomic E-state index is 0.446. The van der Waals surface area contributed by atoms with Crippen LogP contribution in [-0.4, -0.2) is 11.1 Å². The van der Waals surface area contributed by atoms with E-state index in [0.29, 0.717) is 12.0 Å². The smallest absolute Gasteiger partial charge is 0.127 e. The highest BCUT2D eigenvalue weighted by Crippen LogP contribution is 2.33. The highest BCUT2D eigenvalue weighted by atomic mass is 79.9. The maximum Gasteiger partial charge on any atom is 0.127 e. The Labute approximate surface area is 92.8 Å². The van der Waals surface area contributed by atoms with E-state index >= 15 is 0 Å². The van der Waals surface area contributed by atoms with Gasteiger partial charge in [0.25, 0.3) is 0 Å². The molecule has 0 amide bonds. The molecule has 1 aromatic heterocycles. The second-order valence-electron chi connectivity index (χ2n) is 4.02. The summed E-state index contributed by atoms with van der Waals surface area (Å²) in [7, 11) is 0. The van der Waals surface area contributed by atoms with Crippen molar-refractivity contribution < 1.29 is 4.74 Å². The molecule has 1 fully saturated rings. The first kappa shape index (κ1) is 9.97. The minimum absolute atomic E-state index is 0.446. The van der Waals surface area contributed by atoms with Crippen molar-refractivity contribution in [3.8, 4) is 5.75 Å². The molecule has 1 saturated carbocycles. The first-order valence-corrected chi connectivity index (χ1v) is 5.78. The van der Waals surface area contributed by atoms with Crippen LogP contribution in [0.2, 0.25) is 0 Å². The lowest BCUT2D eigenvalue weighted by molar-refractivity contribution is 0.298. The highest BCUT2D eigenvalue weighted by Gasteiger charge is 2.25. The number of nitrogens with zero attached hydrogens (tertiary/aromatic N) is 1. The number of halogens is 1. The third-order valence-electron chi connectivity index (χ3n) is 2.30. The fraction of sp³-hybridized carbons (Fsp3) is 0.545. The molecule has 1 aliphatic carbocycles. The molecule has 0 spiro atoms. The van der Waals surface area contributed by atoms with Gasteiger partial charge in [0.1, 0.15) is 10.4 Å². The standard InChI is InChI=1S/C11H14BrNO/c1-7(2)9-6-13-11(12)5-10(9)14-8-3-4-8/h5-8H,3-4H2,1-2H3. The fourth-order valence-electron chi connectivity index (χ4n) is 1.32. The van der Waals surface area contributed by atoms with Crippen LogP contribution in [0, 0.1) is 0 Å². The molecule has 1 heterocycles. The first-order valence-electron chi connectivity index (χ1n) is 4.99. The van der Waals surface area contributed by atoms with Crippen molar-refractivity contribution in [2.75, 3.05) is 0 Å². The Hall–Kier alpha value is -0.570. The number of aromatic nitrogens is 1. The summed E-state index contributed by atoms with van der Waals surface area (Å²) in [4.78, 5) is 4.23. The van der Waals surface area contributed by atoms with Crippen LogP contribution in [0.1, 0.15) is 38.2 Å². The lowest BCUT2D eigenvalue weighted by atomic mass is 10.1. The van der Waals surface area contributed by atoms with E-state index in [-0.39, 0.29) is 0 Å². The molecule has 0 radical (unpaired) electrons. The molecule has 2 rings (SSSR count). The van der Waals surface area contributed by atoms with Gasteiger partial charge >= 0.3 is 0 Å². The fourth-order valence-corrected chi connectivity index (χ4v) is 1.63. The number of hydrogen-bond donors (Lipinski definition) is 0. The molecule has 0 N–H and O–H groups in total. The third kappa shape index (κ3) is 2.27. The van der Waals surface area contributed by atoms with Crippen LogP contribution < -0.4 is 4.74 Å². The highest BCUT2D eigenvalue weighted by molar-refractivity contribution is 9.10. The van der Waals surface area contributed by atoms with Gasteiger partial charge < -0.3 is 4.74 Å². The van der Waals surface area contributed by atoms with Gasteiger partial charge in [-0.2, -0.15) is 0 Å². The Bertz CT molecular complexity index is 334. The summed E-state index contributed by atoms with van der Waals surface area (Å²) in [5, 5.41) is 0. The molecule has 0 bridgehead atoms. The quantitative estimate of drug-likeness (QED) is 0.772. The van der Waals surface area contributed by atoms with Gasteiger partial charge in [0.05, 0.1) is 6.10 Å². The summed E-state index contributed by atoms with van der Waals surface area (Å²) >= 11 is 3.36. The van der Waals surface area contributed by atoms with Gasteiger partial charge in [-0.1, -0.05) is 13.8 Å². The van der Waals surface area contributed by atoms with Gasteiger partial charge in [-0.15, -0.1) is 0 Å². The molecular formula is C11H14BrNO. The SMILES string of the molecule is CC(C)c1cnc(Br)cc1OC1CC1. The van der Waals surface area contributed by atoms with Gasteiger partial charge in [-0.3, -0.25) is 0 Å². The van der Waals surface area contributed by atoms with Crippen molar-refractivity contribution in [2.24, 2.45) is 0 Å². The van der Waals surface area contributed by atoms with E-state index in [1.54, 1.807) is 0 Å². The van der Waals surface area contributed by atoms with Crippen LogP contribution in [0.3, 0.4) is 0 Å². The molecule has 0 aromatic carbocycles. The summed E-state index contributed by atoms with van der Waals surface area (Å²) in [6.45, 7) is 4.31. The Kier molecular flexibility index (Phi) is 2.77. The molecular weight excluding hydrogens is 242 g/mol. The van der Waals surface area contributed by atoms with Crippen molar-refractivity contribution in [3.63, 3.8) is 0 Å². The van der Waals surface area contributed by atoms with E-state index in [0.717, 1.165) is 10.4 Å². The van der Waals surface area contributed by atoms with Gasteiger partial charge in [0, 0.05) is 17.8 Å². The summed E-state index contributed by atoms with van der Waals surface area (Å²) in [5.74, 6) is 1.45. The van der Waals surface area contributed by atoms with Crippen LogP contribution in [0.5, 0.6) is 5.75 Å². The number of pyridine rings is 1. The molecule has 0 unspecified atom stereocenters. The van der Waals surface area contributed by atoms with E-state index in [2.05, 4.69) is 34.8 Å². The lowest BCUT2D eigenvalue weighted by Crippen LogP contribution is -2.01. The molecule has 76 valence electrons. The zero-order chi connectivity index (χ0) is 10.1. The monoisotopic (exact) mass is 255 g/mol. The van der Waals surface area contributed by atoms with Crippen molar-refractivity contribution >= 4 is 15.9 Å². The van der Waals surface area contributed by atoms with Crippen LogP contribution in [0.25, 0.3) is 0 Å². The van der Waals surface area contributed by atoms with E-state index in [9.17, 15) is 0 Å². The van der Waals surface area contributed by atoms with E-state index < -0.39 is 0 Å². The molecule has 0 aliphatic heterocycles. The van der Waals surface area contributed by atoms with Gasteiger partial charge in [0.15, 0.2) is 0 Å². The van der Waals surface area contributed by atoms with Gasteiger partial charge in [-0.25, -0.2) is 4.98 Å². The summed E-state index contributed by atoms with van der Waals surface area (Å²) < 4.78 is 6.67. The van der Waals surface area contributed by atoms with Crippen molar-refractivity contribution in [3.05, 3.63) is 22.4 Å². The number of ether oxygens (including phenoxy) is 1.